The third kappa shape index (κ3) is 3.76. The zero-order valence-corrected chi connectivity index (χ0v) is 14.7. The number of aryl methyl sites for hydroxylation is 1. The molecule has 3 rings (SSSR count). The van der Waals surface area contributed by atoms with Crippen molar-refractivity contribution in [3.05, 3.63) is 61.2 Å². The molecule has 2 aromatic heterocycles. The molecule has 1 aliphatic heterocycles. The van der Waals surface area contributed by atoms with Crippen LogP contribution in [0.1, 0.15) is 12.0 Å². The van der Waals surface area contributed by atoms with Gasteiger partial charge in [0.1, 0.15) is 12.4 Å². The summed E-state index contributed by atoms with van der Waals surface area (Å²) in [5.74, 6) is 0.199. The van der Waals surface area contributed by atoms with Gasteiger partial charge < -0.3 is 14.8 Å². The van der Waals surface area contributed by atoms with E-state index in [2.05, 4.69) is 10.3 Å². The van der Waals surface area contributed by atoms with Crippen molar-refractivity contribution in [3.63, 3.8) is 0 Å². The molecule has 1 amide bonds. The van der Waals surface area contributed by atoms with Crippen LogP contribution in [0, 0.1) is 6.92 Å². The van der Waals surface area contributed by atoms with Gasteiger partial charge in [0.25, 0.3) is 11.1 Å². The molecule has 9 nitrogen and oxygen atoms in total. The summed E-state index contributed by atoms with van der Waals surface area (Å²) in [4.78, 5) is 52.0. The molecule has 1 saturated heterocycles. The Bertz CT molecular complexity index is 972. The lowest BCUT2D eigenvalue weighted by Crippen LogP contribution is -2.41. The summed E-state index contributed by atoms with van der Waals surface area (Å²) >= 11 is 0. The van der Waals surface area contributed by atoms with Crippen LogP contribution >= 0.6 is 0 Å². The minimum atomic E-state index is -0.473. The van der Waals surface area contributed by atoms with Crippen LogP contribution < -0.4 is 27.0 Å². The van der Waals surface area contributed by atoms with Gasteiger partial charge in [-0.25, -0.2) is 4.79 Å². The molecule has 0 aromatic carbocycles. The predicted molar refractivity (Wildman–Crippen MR) is 96.5 cm³/mol. The minimum Gasteiger partial charge on any atom is -0.356 e. The molecule has 0 unspecified atom stereocenters. The predicted octanol–water partition coefficient (Wildman–Crippen LogP) is -1.06. The van der Waals surface area contributed by atoms with E-state index in [4.69, 9.17) is 0 Å². The van der Waals surface area contributed by atoms with E-state index in [0.717, 1.165) is 10.1 Å². The first-order valence-corrected chi connectivity index (χ1v) is 8.35. The van der Waals surface area contributed by atoms with Gasteiger partial charge in [-0.15, -0.1) is 0 Å². The number of hydrogen-bond acceptors (Lipinski definition) is 5. The summed E-state index contributed by atoms with van der Waals surface area (Å²) in [5, 5.41) is 2.89. The van der Waals surface area contributed by atoms with E-state index in [9.17, 15) is 19.2 Å². The fourth-order valence-electron chi connectivity index (χ4n) is 2.98. The Hall–Kier alpha value is -3.10. The molecule has 0 bridgehead atoms. The molecule has 0 saturated carbocycles. The van der Waals surface area contributed by atoms with Crippen LogP contribution in [0.4, 0.5) is 5.82 Å². The van der Waals surface area contributed by atoms with Gasteiger partial charge in [0.15, 0.2) is 0 Å². The van der Waals surface area contributed by atoms with Crippen LogP contribution in [0.3, 0.4) is 0 Å². The molecule has 1 fully saturated rings. The number of nitrogens with zero attached hydrogens (tertiary/aromatic N) is 3. The molecule has 1 aliphatic rings. The Morgan fingerprint density at radius 1 is 1.27 bits per heavy atom. The molecule has 1 atom stereocenters. The van der Waals surface area contributed by atoms with Gasteiger partial charge in [0.2, 0.25) is 5.91 Å². The monoisotopic (exact) mass is 359 g/mol. The smallest absolute Gasteiger partial charge is 0.329 e. The molecule has 0 aliphatic carbocycles. The average Bonchev–Trinajstić information content (AvgIpc) is 3.03. The lowest BCUT2D eigenvalue weighted by atomic mass is 10.2. The topological polar surface area (TPSA) is 109 Å². The Morgan fingerprint density at radius 2 is 2.04 bits per heavy atom. The van der Waals surface area contributed by atoms with Crippen LogP contribution in [-0.4, -0.2) is 39.2 Å². The van der Waals surface area contributed by atoms with Gasteiger partial charge in [0, 0.05) is 44.5 Å². The minimum absolute atomic E-state index is 0.0433. The molecule has 0 radical (unpaired) electrons. The summed E-state index contributed by atoms with van der Waals surface area (Å²) in [6, 6.07) is 4.52. The van der Waals surface area contributed by atoms with E-state index >= 15 is 0 Å². The highest BCUT2D eigenvalue weighted by Gasteiger charge is 2.25. The van der Waals surface area contributed by atoms with Crippen LogP contribution in [0.25, 0.3) is 0 Å². The maximum Gasteiger partial charge on any atom is 0.329 e. The lowest BCUT2D eigenvalue weighted by molar-refractivity contribution is -0.122. The number of nitrogens with one attached hydrogen (secondary N) is 2. The highest BCUT2D eigenvalue weighted by Crippen LogP contribution is 2.15. The number of hydrogen-bond donors (Lipinski definition) is 2. The number of H-pyrrole nitrogens is 1. The van der Waals surface area contributed by atoms with E-state index in [0.29, 0.717) is 25.3 Å². The summed E-state index contributed by atoms with van der Waals surface area (Å²) < 4.78 is 2.35. The molecule has 9 heteroatoms. The number of anilines is 1. The summed E-state index contributed by atoms with van der Waals surface area (Å²) in [6.45, 7) is 2.87. The number of carbonyl (C=O) groups excluding carboxylic acids is 1. The van der Waals surface area contributed by atoms with Crippen molar-refractivity contribution >= 4 is 11.7 Å². The lowest BCUT2D eigenvalue weighted by Gasteiger charge is -2.18. The number of rotatable bonds is 4. The van der Waals surface area contributed by atoms with Gasteiger partial charge in [0.05, 0.1) is 0 Å². The van der Waals surface area contributed by atoms with Crippen molar-refractivity contribution in [1.29, 1.82) is 0 Å². The van der Waals surface area contributed by atoms with Crippen LogP contribution in [0.5, 0.6) is 0 Å². The highest BCUT2D eigenvalue weighted by atomic mass is 16.2. The van der Waals surface area contributed by atoms with E-state index in [1.54, 1.807) is 12.3 Å². The largest absolute Gasteiger partial charge is 0.356 e. The Morgan fingerprint density at radius 3 is 2.73 bits per heavy atom. The second kappa shape index (κ2) is 7.03. The number of pyridine rings is 1. The Balaban J connectivity index is 1.62. The Labute approximate surface area is 148 Å². The number of amides is 1. The second-order valence-electron chi connectivity index (χ2n) is 6.53. The molecular weight excluding hydrogens is 338 g/mol. The average molecular weight is 359 g/mol. The van der Waals surface area contributed by atoms with Crippen LogP contribution in [0.15, 0.2) is 38.8 Å². The van der Waals surface area contributed by atoms with Gasteiger partial charge >= 0.3 is 5.69 Å². The molecule has 0 spiro atoms. The third-order valence-electron chi connectivity index (χ3n) is 4.49. The molecule has 2 aromatic rings. The highest BCUT2D eigenvalue weighted by molar-refractivity contribution is 5.76. The maximum absolute atomic E-state index is 12.2. The van der Waals surface area contributed by atoms with E-state index in [-0.39, 0.29) is 29.6 Å². The van der Waals surface area contributed by atoms with Crippen molar-refractivity contribution in [2.75, 3.05) is 18.0 Å². The SMILES string of the molecule is Cc1ccn(CC(=O)N[C@@H]2CCN(c3cc(=O)n(C)c(=O)[nH]3)C2)c(=O)c1. The summed E-state index contributed by atoms with van der Waals surface area (Å²) in [5.41, 5.74) is -0.222. The molecule has 138 valence electrons. The van der Waals surface area contributed by atoms with Crippen molar-refractivity contribution in [3.8, 4) is 0 Å². The molecule has 2 N–H and O–H groups in total. The van der Waals surface area contributed by atoms with Crippen molar-refractivity contribution in [1.82, 2.24) is 19.4 Å². The van der Waals surface area contributed by atoms with Crippen molar-refractivity contribution < 1.29 is 4.79 Å². The molecular formula is C17H21N5O4. The third-order valence-corrected chi connectivity index (χ3v) is 4.49. The van der Waals surface area contributed by atoms with Crippen molar-refractivity contribution in [2.24, 2.45) is 7.05 Å². The van der Waals surface area contributed by atoms with Gasteiger partial charge in [-0.2, -0.15) is 0 Å². The summed E-state index contributed by atoms with van der Waals surface area (Å²) in [6.07, 6.45) is 2.29. The van der Waals surface area contributed by atoms with Crippen LogP contribution in [-0.2, 0) is 18.4 Å². The first-order chi connectivity index (χ1) is 12.3. The van der Waals surface area contributed by atoms with Crippen molar-refractivity contribution in [2.45, 2.75) is 25.9 Å². The quantitative estimate of drug-likeness (QED) is 0.723. The van der Waals surface area contributed by atoms with E-state index in [1.165, 1.54) is 23.7 Å². The van der Waals surface area contributed by atoms with Gasteiger partial charge in [-0.3, -0.25) is 23.9 Å². The summed E-state index contributed by atoms with van der Waals surface area (Å²) in [7, 11) is 1.41. The van der Waals surface area contributed by atoms with Crippen LogP contribution in [0.2, 0.25) is 0 Å². The molecule has 26 heavy (non-hydrogen) atoms. The standard InChI is InChI=1S/C17H21N5O4/c1-11-3-5-22(16(25)7-11)10-14(23)18-12-4-6-21(9-12)13-8-15(24)20(2)17(26)19-13/h3,5,7-8,12H,4,6,9-10H2,1-2H3,(H,18,23)(H,19,26)/t12-/m1/s1. The van der Waals surface area contributed by atoms with E-state index in [1.807, 2.05) is 11.8 Å². The number of aromatic nitrogens is 3. The number of aromatic amines is 1. The first-order valence-electron chi connectivity index (χ1n) is 8.35. The zero-order valence-electron chi connectivity index (χ0n) is 14.7. The zero-order chi connectivity index (χ0) is 18.8. The van der Waals surface area contributed by atoms with Gasteiger partial charge in [-0.05, 0) is 25.0 Å². The molecule has 3 heterocycles. The fourth-order valence-corrected chi connectivity index (χ4v) is 2.98. The maximum atomic E-state index is 12.2. The second-order valence-corrected chi connectivity index (χ2v) is 6.53. The normalized spacial score (nSPS) is 16.7. The van der Waals surface area contributed by atoms with Gasteiger partial charge in [-0.1, -0.05) is 0 Å². The fraction of sp³-hybridized carbons (Fsp3) is 0.412. The first kappa shape index (κ1) is 17.7. The number of carbonyl (C=O) groups is 1. The Kier molecular flexibility index (Phi) is 4.79. The van der Waals surface area contributed by atoms with E-state index < -0.39 is 5.69 Å².